The summed E-state index contributed by atoms with van der Waals surface area (Å²) in [4.78, 5) is 2.40. The Kier molecular flexibility index (Phi) is 9.34. The van der Waals surface area contributed by atoms with Crippen molar-refractivity contribution in [3.8, 4) is 50.2 Å². The van der Waals surface area contributed by atoms with Crippen molar-refractivity contribution in [3.63, 3.8) is 0 Å². The maximum absolute atomic E-state index is 2.52. The van der Waals surface area contributed by atoms with Crippen molar-refractivity contribution in [2.24, 2.45) is 0 Å². The molecule has 0 bridgehead atoms. The van der Waals surface area contributed by atoms with Gasteiger partial charge in [-0.3, -0.25) is 0 Å². The molecule has 10 aromatic carbocycles. The van der Waals surface area contributed by atoms with E-state index >= 15 is 0 Å². The molecule has 1 heterocycles. The van der Waals surface area contributed by atoms with E-state index in [9.17, 15) is 0 Å². The molecule has 0 N–H and O–H groups in total. The highest BCUT2D eigenvalue weighted by atomic mass is 15.1. The minimum Gasteiger partial charge on any atom is -0.310 e. The van der Waals surface area contributed by atoms with Crippen molar-refractivity contribution in [1.82, 2.24) is 4.57 Å². The lowest BCUT2D eigenvalue weighted by Crippen LogP contribution is -2.10. The Morgan fingerprint density at radius 1 is 0.391 bits per heavy atom. The standard InChI is InChI=1S/C62H44N2/c1-3-15-43(16-4-1)45-29-31-50(32-30-45)61-54(25-14-28-59(61)64-58-26-12-11-24-56(58)62-55-23-10-8-20-48(55)37-42-60(62)64)49-35-40-52(41-36-49)63(57-27-13-21-47-19-7-9-22-53(47)57)51-38-33-46(34-39-51)44-17-5-2-6-18-44/h1-9,11-22,24-42H,10,23H2. The normalized spacial score (nSPS) is 12.2. The molecule has 0 saturated heterocycles. The van der Waals surface area contributed by atoms with Crippen LogP contribution in [0.3, 0.4) is 0 Å². The molecule has 302 valence electrons. The van der Waals surface area contributed by atoms with Gasteiger partial charge in [0.05, 0.1) is 22.4 Å². The smallest absolute Gasteiger partial charge is 0.0546 e. The predicted molar refractivity (Wildman–Crippen MR) is 272 cm³/mol. The molecule has 0 saturated carbocycles. The van der Waals surface area contributed by atoms with Gasteiger partial charge in [0.25, 0.3) is 0 Å². The first-order chi connectivity index (χ1) is 31.8. The molecular formula is C62H44N2. The van der Waals surface area contributed by atoms with Crippen LogP contribution in [0.2, 0.25) is 0 Å². The van der Waals surface area contributed by atoms with Crippen LogP contribution in [0.1, 0.15) is 17.5 Å². The molecule has 2 heteroatoms. The van der Waals surface area contributed by atoms with Gasteiger partial charge in [-0.25, -0.2) is 0 Å². The molecular weight excluding hydrogens is 773 g/mol. The van der Waals surface area contributed by atoms with Gasteiger partial charge in [0.2, 0.25) is 0 Å². The van der Waals surface area contributed by atoms with Crippen LogP contribution in [0, 0.1) is 0 Å². The summed E-state index contributed by atoms with van der Waals surface area (Å²) in [5.74, 6) is 0. The number of benzene rings is 10. The zero-order valence-electron chi connectivity index (χ0n) is 35.4. The third-order valence-corrected chi connectivity index (χ3v) is 13.1. The summed E-state index contributed by atoms with van der Waals surface area (Å²) in [5, 5.41) is 5.08. The minimum absolute atomic E-state index is 1.05. The molecule has 0 atom stereocenters. The van der Waals surface area contributed by atoms with Crippen molar-refractivity contribution in [2.45, 2.75) is 12.8 Å². The van der Waals surface area contributed by atoms with E-state index in [1.54, 1.807) is 0 Å². The van der Waals surface area contributed by atoms with E-state index in [1.807, 2.05) is 0 Å². The van der Waals surface area contributed by atoms with Gasteiger partial charge in [-0.1, -0.05) is 194 Å². The maximum atomic E-state index is 2.52. The summed E-state index contributed by atoms with van der Waals surface area (Å²) in [6, 6.07) is 84.3. The number of anilines is 3. The fourth-order valence-electron chi connectivity index (χ4n) is 10.1. The molecule has 0 unspecified atom stereocenters. The zero-order valence-corrected chi connectivity index (χ0v) is 35.4. The number of allylic oxidation sites excluding steroid dienone is 1. The SMILES string of the molecule is C1=Cc2ccc3c(c2CC1)c1ccccc1n3-c1cccc(-c2ccc(N(c3ccc(-c4ccccc4)cc3)c3cccc4ccccc34)cc2)c1-c1ccc(-c2ccccc2)cc1. The Labute approximate surface area is 374 Å². The van der Waals surface area contributed by atoms with E-state index in [-0.39, 0.29) is 0 Å². The lowest BCUT2D eigenvalue weighted by Gasteiger charge is -2.27. The van der Waals surface area contributed by atoms with Crippen molar-refractivity contribution < 1.29 is 0 Å². The van der Waals surface area contributed by atoms with Crippen molar-refractivity contribution >= 4 is 55.7 Å². The quantitative estimate of drug-likeness (QED) is 0.148. The monoisotopic (exact) mass is 816 g/mol. The van der Waals surface area contributed by atoms with E-state index in [1.165, 1.54) is 88.3 Å². The summed E-state index contributed by atoms with van der Waals surface area (Å²) in [7, 11) is 0. The molecule has 1 aromatic heterocycles. The van der Waals surface area contributed by atoms with E-state index in [4.69, 9.17) is 0 Å². The Hall–Kier alpha value is -8.20. The average molecular weight is 817 g/mol. The third-order valence-electron chi connectivity index (χ3n) is 13.1. The molecule has 0 amide bonds. The minimum atomic E-state index is 1.05. The van der Waals surface area contributed by atoms with Gasteiger partial charge in [-0.05, 0) is 117 Å². The lowest BCUT2D eigenvalue weighted by molar-refractivity contribution is 0.997. The maximum Gasteiger partial charge on any atom is 0.0546 e. The second kappa shape index (κ2) is 15.9. The van der Waals surface area contributed by atoms with Crippen LogP contribution in [-0.4, -0.2) is 4.57 Å². The zero-order chi connectivity index (χ0) is 42.4. The van der Waals surface area contributed by atoms with Crippen LogP contribution in [0.4, 0.5) is 17.1 Å². The first-order valence-electron chi connectivity index (χ1n) is 22.3. The van der Waals surface area contributed by atoms with Gasteiger partial charge in [0, 0.05) is 33.1 Å². The molecule has 0 fully saturated rings. The van der Waals surface area contributed by atoms with Crippen LogP contribution in [0.15, 0.2) is 237 Å². The van der Waals surface area contributed by atoms with Gasteiger partial charge in [0.1, 0.15) is 0 Å². The fraction of sp³-hybridized carbons (Fsp3) is 0.0323. The van der Waals surface area contributed by atoms with Gasteiger partial charge >= 0.3 is 0 Å². The molecule has 1 aliphatic rings. The largest absolute Gasteiger partial charge is 0.310 e. The van der Waals surface area contributed by atoms with Crippen molar-refractivity contribution in [3.05, 3.63) is 248 Å². The van der Waals surface area contributed by atoms with Gasteiger partial charge < -0.3 is 9.47 Å². The molecule has 12 rings (SSSR count). The Balaban J connectivity index is 1.04. The second-order valence-electron chi connectivity index (χ2n) is 16.8. The number of aromatic nitrogens is 1. The highest BCUT2D eigenvalue weighted by Gasteiger charge is 2.23. The molecule has 2 nitrogen and oxygen atoms in total. The van der Waals surface area contributed by atoms with Crippen LogP contribution in [0.25, 0.3) is 88.8 Å². The van der Waals surface area contributed by atoms with Crippen molar-refractivity contribution in [1.29, 1.82) is 0 Å². The average Bonchev–Trinajstić information content (AvgIpc) is 3.72. The number of hydrogen-bond donors (Lipinski definition) is 0. The van der Waals surface area contributed by atoms with Crippen LogP contribution in [0.5, 0.6) is 0 Å². The van der Waals surface area contributed by atoms with Crippen LogP contribution < -0.4 is 4.90 Å². The number of nitrogens with zero attached hydrogens (tertiary/aromatic N) is 2. The molecule has 11 aromatic rings. The lowest BCUT2D eigenvalue weighted by atomic mass is 9.91. The summed E-state index contributed by atoms with van der Waals surface area (Å²) in [6.07, 6.45) is 6.72. The van der Waals surface area contributed by atoms with Gasteiger partial charge in [0.15, 0.2) is 0 Å². The number of para-hydroxylation sites is 1. The summed E-state index contributed by atoms with van der Waals surface area (Å²) < 4.78 is 2.52. The van der Waals surface area contributed by atoms with E-state index in [2.05, 4.69) is 252 Å². The predicted octanol–water partition coefficient (Wildman–Crippen LogP) is 17.0. The first kappa shape index (κ1) is 37.6. The van der Waals surface area contributed by atoms with Crippen molar-refractivity contribution in [2.75, 3.05) is 4.90 Å². The molecule has 0 spiro atoms. The second-order valence-corrected chi connectivity index (χ2v) is 16.8. The van der Waals surface area contributed by atoms with Crippen LogP contribution in [-0.2, 0) is 6.42 Å². The Morgan fingerprint density at radius 3 is 1.67 bits per heavy atom. The summed E-state index contributed by atoms with van der Waals surface area (Å²) >= 11 is 0. The molecule has 0 radical (unpaired) electrons. The number of aryl methyl sites for hydroxylation is 1. The summed E-state index contributed by atoms with van der Waals surface area (Å²) in [6.45, 7) is 0. The van der Waals surface area contributed by atoms with Gasteiger partial charge in [-0.15, -0.1) is 0 Å². The number of fused-ring (bicyclic) bond motifs is 6. The highest BCUT2D eigenvalue weighted by molar-refractivity contribution is 6.13. The molecule has 1 aliphatic carbocycles. The van der Waals surface area contributed by atoms with E-state index in [0.29, 0.717) is 0 Å². The number of hydrogen-bond acceptors (Lipinski definition) is 1. The van der Waals surface area contributed by atoms with Gasteiger partial charge in [-0.2, -0.15) is 0 Å². The highest BCUT2D eigenvalue weighted by Crippen LogP contribution is 2.45. The third kappa shape index (κ3) is 6.51. The first-order valence-corrected chi connectivity index (χ1v) is 22.3. The topological polar surface area (TPSA) is 8.17 Å². The Bertz CT molecular complexity index is 3500. The fourth-order valence-corrected chi connectivity index (χ4v) is 10.1. The van der Waals surface area contributed by atoms with E-state index < -0.39 is 0 Å². The van der Waals surface area contributed by atoms with Crippen LogP contribution >= 0.6 is 0 Å². The summed E-state index contributed by atoms with van der Waals surface area (Å²) in [5.41, 5.74) is 19.3. The molecule has 0 aliphatic heterocycles. The van der Waals surface area contributed by atoms with E-state index in [0.717, 1.165) is 35.5 Å². The Morgan fingerprint density at radius 2 is 0.953 bits per heavy atom. The number of rotatable bonds is 8. The molecule has 64 heavy (non-hydrogen) atoms.